The summed E-state index contributed by atoms with van der Waals surface area (Å²) in [5.74, 6) is 4.04. The number of amides is 1. The predicted molar refractivity (Wildman–Crippen MR) is 78.3 cm³/mol. The zero-order valence-electron chi connectivity index (χ0n) is 10.7. The van der Waals surface area contributed by atoms with Gasteiger partial charge in [0.2, 0.25) is 0 Å². The third kappa shape index (κ3) is 3.28. The molecule has 5 nitrogen and oxygen atoms in total. The standard InChI is InChI=1S/C14H10ClFN4O/c15-9-2-4-12(20-18)10(6-9)14(21)19-13-3-1-8(7-17)5-11(13)16/h1-6,20H,18H2,(H,19,21). The molecule has 106 valence electrons. The highest BCUT2D eigenvalue weighted by Crippen LogP contribution is 2.22. The number of anilines is 2. The predicted octanol–water partition coefficient (Wildman–Crippen LogP) is 2.89. The smallest absolute Gasteiger partial charge is 0.257 e. The Bertz CT molecular complexity index is 742. The first kappa shape index (κ1) is 14.8. The summed E-state index contributed by atoms with van der Waals surface area (Å²) in [6.07, 6.45) is 0. The molecule has 0 bridgehead atoms. The van der Waals surface area contributed by atoms with E-state index in [4.69, 9.17) is 22.7 Å². The number of carbonyl (C=O) groups is 1. The van der Waals surface area contributed by atoms with Gasteiger partial charge < -0.3 is 10.7 Å². The zero-order chi connectivity index (χ0) is 15.4. The first-order chi connectivity index (χ1) is 10.0. The molecule has 7 heteroatoms. The van der Waals surface area contributed by atoms with E-state index in [9.17, 15) is 9.18 Å². The van der Waals surface area contributed by atoms with Crippen LogP contribution in [0.4, 0.5) is 15.8 Å². The molecule has 0 unspecified atom stereocenters. The Balaban J connectivity index is 2.30. The Morgan fingerprint density at radius 1 is 1.24 bits per heavy atom. The molecule has 0 saturated carbocycles. The van der Waals surface area contributed by atoms with Crippen molar-refractivity contribution in [1.82, 2.24) is 0 Å². The zero-order valence-corrected chi connectivity index (χ0v) is 11.4. The Morgan fingerprint density at radius 2 is 1.95 bits per heavy atom. The third-order valence-electron chi connectivity index (χ3n) is 2.73. The van der Waals surface area contributed by atoms with Crippen LogP contribution >= 0.6 is 11.6 Å². The molecule has 0 aliphatic rings. The highest BCUT2D eigenvalue weighted by atomic mass is 35.5. The molecule has 0 saturated heterocycles. The van der Waals surface area contributed by atoms with Crippen LogP contribution in [0.5, 0.6) is 0 Å². The lowest BCUT2D eigenvalue weighted by Gasteiger charge is -2.10. The maximum Gasteiger partial charge on any atom is 0.257 e. The molecule has 0 spiro atoms. The summed E-state index contributed by atoms with van der Waals surface area (Å²) in [6.45, 7) is 0. The van der Waals surface area contributed by atoms with Gasteiger partial charge in [0.1, 0.15) is 5.82 Å². The molecule has 2 aromatic rings. The monoisotopic (exact) mass is 304 g/mol. The van der Waals surface area contributed by atoms with Gasteiger partial charge in [0, 0.05) is 5.02 Å². The second-order valence-corrected chi connectivity index (χ2v) is 4.53. The topological polar surface area (TPSA) is 90.9 Å². The number of hydrogen-bond acceptors (Lipinski definition) is 4. The van der Waals surface area contributed by atoms with E-state index in [1.54, 1.807) is 6.07 Å². The van der Waals surface area contributed by atoms with Crippen LogP contribution in [-0.4, -0.2) is 5.91 Å². The van der Waals surface area contributed by atoms with E-state index < -0.39 is 11.7 Å². The normalized spacial score (nSPS) is 9.81. The van der Waals surface area contributed by atoms with Crippen molar-refractivity contribution in [2.24, 2.45) is 5.84 Å². The highest BCUT2D eigenvalue weighted by Gasteiger charge is 2.14. The number of hydrazine groups is 1. The number of nitrogen functional groups attached to an aromatic ring is 1. The molecule has 4 N–H and O–H groups in total. The van der Waals surface area contributed by atoms with Crippen LogP contribution in [0.2, 0.25) is 5.02 Å². The summed E-state index contributed by atoms with van der Waals surface area (Å²) >= 11 is 5.83. The van der Waals surface area contributed by atoms with Gasteiger partial charge in [-0.25, -0.2) is 4.39 Å². The molecule has 0 aliphatic heterocycles. The van der Waals surface area contributed by atoms with Crippen LogP contribution in [0, 0.1) is 17.1 Å². The molecule has 0 radical (unpaired) electrons. The van der Waals surface area contributed by atoms with E-state index in [0.29, 0.717) is 10.7 Å². The number of carbonyl (C=O) groups excluding carboxylic acids is 1. The molecule has 1 amide bonds. The van der Waals surface area contributed by atoms with Gasteiger partial charge in [-0.1, -0.05) is 11.6 Å². The number of halogens is 2. The van der Waals surface area contributed by atoms with E-state index in [0.717, 1.165) is 6.07 Å². The molecule has 2 rings (SSSR count). The average Bonchev–Trinajstić information content (AvgIpc) is 2.49. The quantitative estimate of drug-likeness (QED) is 0.600. The minimum Gasteiger partial charge on any atom is -0.323 e. The Hall–Kier alpha value is -2.62. The van der Waals surface area contributed by atoms with Crippen LogP contribution in [0.1, 0.15) is 15.9 Å². The molecule has 0 aliphatic carbocycles. The van der Waals surface area contributed by atoms with Gasteiger partial charge in [0.15, 0.2) is 0 Å². The first-order valence-electron chi connectivity index (χ1n) is 5.82. The molecular formula is C14H10ClFN4O. The van der Waals surface area contributed by atoms with E-state index >= 15 is 0 Å². The Kier molecular flexibility index (Phi) is 4.38. The fourth-order valence-electron chi connectivity index (χ4n) is 1.71. The number of nitriles is 1. The second-order valence-electron chi connectivity index (χ2n) is 4.09. The SMILES string of the molecule is N#Cc1ccc(NC(=O)c2cc(Cl)ccc2NN)c(F)c1. The maximum atomic E-state index is 13.7. The van der Waals surface area contributed by atoms with Crippen molar-refractivity contribution < 1.29 is 9.18 Å². The molecular weight excluding hydrogens is 295 g/mol. The van der Waals surface area contributed by atoms with Gasteiger partial charge in [0.05, 0.1) is 28.6 Å². The van der Waals surface area contributed by atoms with Gasteiger partial charge in [-0.15, -0.1) is 0 Å². The average molecular weight is 305 g/mol. The van der Waals surface area contributed by atoms with Gasteiger partial charge in [-0.2, -0.15) is 5.26 Å². The lowest BCUT2D eigenvalue weighted by atomic mass is 10.1. The fraction of sp³-hybridized carbons (Fsp3) is 0. The minimum absolute atomic E-state index is 0.0399. The summed E-state index contributed by atoms with van der Waals surface area (Å²) in [6, 6.07) is 10.1. The van der Waals surface area contributed by atoms with Crippen molar-refractivity contribution in [1.29, 1.82) is 5.26 Å². The molecule has 0 fully saturated rings. The second kappa shape index (κ2) is 6.22. The van der Waals surface area contributed by atoms with Crippen molar-refractivity contribution in [3.63, 3.8) is 0 Å². The largest absolute Gasteiger partial charge is 0.323 e. The van der Waals surface area contributed by atoms with Gasteiger partial charge in [-0.3, -0.25) is 10.6 Å². The van der Waals surface area contributed by atoms with Crippen LogP contribution < -0.4 is 16.6 Å². The third-order valence-corrected chi connectivity index (χ3v) is 2.96. The molecule has 0 atom stereocenters. The van der Waals surface area contributed by atoms with Crippen molar-refractivity contribution in [2.75, 3.05) is 10.7 Å². The summed E-state index contributed by atoms with van der Waals surface area (Å²) in [7, 11) is 0. The van der Waals surface area contributed by atoms with Crippen LogP contribution in [0.25, 0.3) is 0 Å². The van der Waals surface area contributed by atoms with Gasteiger partial charge in [-0.05, 0) is 36.4 Å². The van der Waals surface area contributed by atoms with Crippen LogP contribution in [-0.2, 0) is 0 Å². The van der Waals surface area contributed by atoms with Crippen LogP contribution in [0.3, 0.4) is 0 Å². The maximum absolute atomic E-state index is 13.7. The van der Waals surface area contributed by atoms with Crippen molar-refractivity contribution in [3.05, 3.63) is 58.4 Å². The van der Waals surface area contributed by atoms with Gasteiger partial charge in [0.25, 0.3) is 5.91 Å². The summed E-state index contributed by atoms with van der Waals surface area (Å²) in [5.41, 5.74) is 3.02. The van der Waals surface area contributed by atoms with E-state index in [2.05, 4.69) is 10.7 Å². The Labute approximate surface area is 125 Å². The Morgan fingerprint density at radius 3 is 2.57 bits per heavy atom. The number of nitrogens with two attached hydrogens (primary N) is 1. The van der Waals surface area contributed by atoms with E-state index in [1.165, 1.54) is 24.3 Å². The minimum atomic E-state index is -0.702. The van der Waals surface area contributed by atoms with E-state index in [1.807, 2.05) is 6.07 Å². The fourth-order valence-corrected chi connectivity index (χ4v) is 1.88. The summed E-state index contributed by atoms with van der Waals surface area (Å²) in [5, 5.41) is 11.4. The number of benzene rings is 2. The van der Waals surface area contributed by atoms with Crippen LogP contribution in [0.15, 0.2) is 36.4 Å². The lowest BCUT2D eigenvalue weighted by Crippen LogP contribution is -2.17. The van der Waals surface area contributed by atoms with Crippen molar-refractivity contribution in [3.8, 4) is 6.07 Å². The summed E-state index contributed by atoms with van der Waals surface area (Å²) < 4.78 is 13.7. The number of nitrogens with one attached hydrogen (secondary N) is 2. The number of hydrogen-bond donors (Lipinski definition) is 3. The lowest BCUT2D eigenvalue weighted by molar-refractivity contribution is 0.102. The molecule has 0 aromatic heterocycles. The van der Waals surface area contributed by atoms with Crippen molar-refractivity contribution in [2.45, 2.75) is 0 Å². The molecule has 0 heterocycles. The van der Waals surface area contributed by atoms with Crippen molar-refractivity contribution >= 4 is 28.9 Å². The highest BCUT2D eigenvalue weighted by molar-refractivity contribution is 6.31. The number of nitrogens with zero attached hydrogens (tertiary/aromatic N) is 1. The summed E-state index contributed by atoms with van der Waals surface area (Å²) in [4.78, 5) is 12.2. The molecule has 21 heavy (non-hydrogen) atoms. The van der Waals surface area contributed by atoms with Gasteiger partial charge >= 0.3 is 0 Å². The molecule has 2 aromatic carbocycles. The van der Waals surface area contributed by atoms with E-state index in [-0.39, 0.29) is 16.8 Å². The number of rotatable bonds is 3. The first-order valence-corrected chi connectivity index (χ1v) is 6.20.